The van der Waals surface area contributed by atoms with Crippen LogP contribution in [0, 0.1) is 5.92 Å². The number of guanidine groups is 1. The van der Waals surface area contributed by atoms with Crippen LogP contribution in [-0.4, -0.2) is 58.6 Å². The number of ether oxygens (including phenoxy) is 3. The maximum atomic E-state index is 5.72. The molecule has 1 fully saturated rings. The Balaban J connectivity index is 1.45. The number of hydrogen-bond acceptors (Lipinski definition) is 4. The molecule has 1 heterocycles. The molecular weight excluding hydrogens is 354 g/mol. The molecule has 0 bridgehead atoms. The molecule has 0 saturated carbocycles. The van der Waals surface area contributed by atoms with Gasteiger partial charge in [0, 0.05) is 45.4 Å². The lowest BCUT2D eigenvalue weighted by atomic mass is 10.1. The molecule has 1 aliphatic rings. The van der Waals surface area contributed by atoms with Gasteiger partial charge in [-0.15, -0.1) is 0 Å². The Hall–Kier alpha value is -1.63. The van der Waals surface area contributed by atoms with E-state index in [1.54, 1.807) is 0 Å². The number of rotatable bonds is 14. The Bertz CT molecular complexity index is 519. The van der Waals surface area contributed by atoms with Crippen molar-refractivity contribution in [2.45, 2.75) is 39.2 Å². The summed E-state index contributed by atoms with van der Waals surface area (Å²) in [5, 5.41) is 6.68. The number of nitrogens with one attached hydrogen (secondary N) is 2. The van der Waals surface area contributed by atoms with Crippen LogP contribution in [0.2, 0.25) is 0 Å². The summed E-state index contributed by atoms with van der Waals surface area (Å²) in [6, 6.07) is 10.3. The highest BCUT2D eigenvalue weighted by molar-refractivity contribution is 5.79. The predicted octanol–water partition coefficient (Wildman–Crippen LogP) is 2.98. The molecule has 1 atom stereocenters. The smallest absolute Gasteiger partial charge is 0.191 e. The number of nitrogens with zero attached hydrogens (tertiary/aromatic N) is 1. The highest BCUT2D eigenvalue weighted by Gasteiger charge is 2.15. The Morgan fingerprint density at radius 1 is 1.11 bits per heavy atom. The minimum atomic E-state index is 0.583. The van der Waals surface area contributed by atoms with E-state index in [0.29, 0.717) is 12.5 Å². The quantitative estimate of drug-likeness (QED) is 0.290. The van der Waals surface area contributed by atoms with E-state index in [1.165, 1.54) is 5.56 Å². The van der Waals surface area contributed by atoms with Crippen molar-refractivity contribution in [3.8, 4) is 0 Å². The Labute approximate surface area is 170 Å². The van der Waals surface area contributed by atoms with E-state index in [0.717, 1.165) is 84.3 Å². The lowest BCUT2D eigenvalue weighted by Crippen LogP contribution is -2.38. The molecule has 158 valence electrons. The molecule has 0 aliphatic carbocycles. The summed E-state index contributed by atoms with van der Waals surface area (Å²) in [6.07, 6.45) is 4.17. The van der Waals surface area contributed by atoms with Crippen molar-refractivity contribution in [3.63, 3.8) is 0 Å². The first-order chi connectivity index (χ1) is 13.9. The molecule has 1 aromatic rings. The van der Waals surface area contributed by atoms with Crippen LogP contribution >= 0.6 is 0 Å². The second-order valence-electron chi connectivity index (χ2n) is 7.09. The van der Waals surface area contributed by atoms with Crippen LogP contribution in [0.3, 0.4) is 0 Å². The van der Waals surface area contributed by atoms with Crippen molar-refractivity contribution >= 4 is 5.96 Å². The molecule has 1 saturated heterocycles. The van der Waals surface area contributed by atoms with Crippen molar-refractivity contribution in [3.05, 3.63) is 35.9 Å². The van der Waals surface area contributed by atoms with Crippen molar-refractivity contribution in [1.82, 2.24) is 10.6 Å². The number of hydrogen-bond donors (Lipinski definition) is 2. The van der Waals surface area contributed by atoms with Crippen molar-refractivity contribution in [2.75, 3.05) is 52.7 Å². The third kappa shape index (κ3) is 10.6. The Morgan fingerprint density at radius 3 is 2.75 bits per heavy atom. The van der Waals surface area contributed by atoms with Crippen molar-refractivity contribution in [1.29, 1.82) is 0 Å². The van der Waals surface area contributed by atoms with Gasteiger partial charge in [0.25, 0.3) is 0 Å². The van der Waals surface area contributed by atoms with E-state index in [2.05, 4.69) is 34.7 Å². The van der Waals surface area contributed by atoms with E-state index in [4.69, 9.17) is 14.2 Å². The van der Waals surface area contributed by atoms with Crippen molar-refractivity contribution in [2.24, 2.45) is 10.9 Å². The topological polar surface area (TPSA) is 64.1 Å². The van der Waals surface area contributed by atoms with E-state index >= 15 is 0 Å². The lowest BCUT2D eigenvalue weighted by Gasteiger charge is -2.12. The van der Waals surface area contributed by atoms with Gasteiger partial charge in [-0.25, -0.2) is 0 Å². The Morgan fingerprint density at radius 2 is 1.96 bits per heavy atom. The molecular formula is C22H37N3O3. The van der Waals surface area contributed by atoms with Gasteiger partial charge in [-0.2, -0.15) is 0 Å². The first-order valence-electron chi connectivity index (χ1n) is 10.7. The summed E-state index contributed by atoms with van der Waals surface area (Å²) in [5.41, 5.74) is 1.22. The molecule has 6 nitrogen and oxygen atoms in total. The molecule has 0 aromatic heterocycles. The number of unbranched alkanes of at least 4 members (excludes halogenated alkanes) is 1. The van der Waals surface area contributed by atoms with Crippen LogP contribution in [0.1, 0.15) is 38.2 Å². The van der Waals surface area contributed by atoms with Gasteiger partial charge < -0.3 is 24.8 Å². The number of aliphatic imine (C=N–C) groups is 1. The Kier molecular flexibility index (Phi) is 12.4. The monoisotopic (exact) mass is 391 g/mol. The van der Waals surface area contributed by atoms with E-state index in [1.807, 2.05) is 18.2 Å². The zero-order valence-electron chi connectivity index (χ0n) is 17.3. The largest absolute Gasteiger partial charge is 0.381 e. The minimum absolute atomic E-state index is 0.583. The molecule has 1 aromatic carbocycles. The summed E-state index contributed by atoms with van der Waals surface area (Å²) in [6.45, 7) is 9.41. The van der Waals surface area contributed by atoms with Crippen LogP contribution in [-0.2, 0) is 20.8 Å². The molecule has 0 radical (unpaired) electrons. The van der Waals surface area contributed by atoms with Crippen LogP contribution in [0.15, 0.2) is 35.3 Å². The van der Waals surface area contributed by atoms with Gasteiger partial charge in [-0.3, -0.25) is 4.99 Å². The summed E-state index contributed by atoms with van der Waals surface area (Å²) in [7, 11) is 0. The average molecular weight is 392 g/mol. The molecule has 0 amide bonds. The maximum absolute atomic E-state index is 5.72. The van der Waals surface area contributed by atoms with Crippen LogP contribution < -0.4 is 10.6 Å². The normalized spacial score (nSPS) is 17.0. The van der Waals surface area contributed by atoms with E-state index in [9.17, 15) is 0 Å². The lowest BCUT2D eigenvalue weighted by molar-refractivity contribution is 0.0893. The molecule has 2 N–H and O–H groups in total. The van der Waals surface area contributed by atoms with Gasteiger partial charge in [0.05, 0.1) is 19.8 Å². The molecule has 1 unspecified atom stereocenters. The predicted molar refractivity (Wildman–Crippen MR) is 114 cm³/mol. The van der Waals surface area contributed by atoms with Gasteiger partial charge in [-0.05, 0) is 38.2 Å². The van der Waals surface area contributed by atoms with Gasteiger partial charge in [-0.1, -0.05) is 30.3 Å². The van der Waals surface area contributed by atoms with Crippen LogP contribution in [0.25, 0.3) is 0 Å². The third-order valence-electron chi connectivity index (χ3n) is 4.56. The van der Waals surface area contributed by atoms with Gasteiger partial charge in [0.1, 0.15) is 0 Å². The first-order valence-corrected chi connectivity index (χ1v) is 10.7. The molecule has 0 spiro atoms. The zero-order valence-corrected chi connectivity index (χ0v) is 17.3. The molecule has 1 aliphatic heterocycles. The van der Waals surface area contributed by atoms with E-state index in [-0.39, 0.29) is 0 Å². The average Bonchev–Trinajstić information content (AvgIpc) is 3.24. The van der Waals surface area contributed by atoms with Crippen LogP contribution in [0.5, 0.6) is 0 Å². The SMILES string of the molecule is CCNC(=NCCCOCC1CCOC1)NCCCCOCc1ccccc1. The molecule has 28 heavy (non-hydrogen) atoms. The summed E-state index contributed by atoms with van der Waals surface area (Å²) in [4.78, 5) is 4.61. The zero-order chi connectivity index (χ0) is 19.7. The summed E-state index contributed by atoms with van der Waals surface area (Å²) >= 11 is 0. The highest BCUT2D eigenvalue weighted by atomic mass is 16.5. The highest BCUT2D eigenvalue weighted by Crippen LogP contribution is 2.12. The fraction of sp³-hybridized carbons (Fsp3) is 0.682. The maximum Gasteiger partial charge on any atom is 0.191 e. The molecule has 2 rings (SSSR count). The van der Waals surface area contributed by atoms with Gasteiger partial charge >= 0.3 is 0 Å². The standard InChI is InChI=1S/C22H37N3O3/c1-2-23-22(25-13-8-15-27-18-21-11-16-28-19-21)24-12-6-7-14-26-17-20-9-4-3-5-10-20/h3-5,9-10,21H,2,6-8,11-19H2,1H3,(H2,23,24,25). The minimum Gasteiger partial charge on any atom is -0.381 e. The fourth-order valence-corrected chi connectivity index (χ4v) is 2.96. The second kappa shape index (κ2) is 15.3. The van der Waals surface area contributed by atoms with Crippen molar-refractivity contribution < 1.29 is 14.2 Å². The van der Waals surface area contributed by atoms with Gasteiger partial charge in [0.2, 0.25) is 0 Å². The second-order valence-corrected chi connectivity index (χ2v) is 7.09. The van der Waals surface area contributed by atoms with Crippen LogP contribution in [0.4, 0.5) is 0 Å². The number of benzene rings is 1. The fourth-order valence-electron chi connectivity index (χ4n) is 2.96. The first kappa shape index (κ1) is 22.7. The van der Waals surface area contributed by atoms with E-state index < -0.39 is 0 Å². The third-order valence-corrected chi connectivity index (χ3v) is 4.56. The van der Waals surface area contributed by atoms with Gasteiger partial charge in [0.15, 0.2) is 5.96 Å². The summed E-state index contributed by atoms with van der Waals surface area (Å²) in [5.74, 6) is 1.47. The summed E-state index contributed by atoms with van der Waals surface area (Å²) < 4.78 is 16.8. The molecule has 6 heteroatoms.